The number of benzene rings is 1. The van der Waals surface area contributed by atoms with Crippen LogP contribution in [0.1, 0.15) is 16.1 Å². The minimum absolute atomic E-state index is 0.274. The number of aryl methyl sites for hydroxylation is 1. The maximum absolute atomic E-state index is 12.2. The Morgan fingerprint density at radius 1 is 1.38 bits per heavy atom. The van der Waals surface area contributed by atoms with Gasteiger partial charge in [0.1, 0.15) is 17.8 Å². The molecule has 1 heterocycles. The van der Waals surface area contributed by atoms with Gasteiger partial charge in [-0.05, 0) is 24.6 Å². The van der Waals surface area contributed by atoms with Crippen molar-refractivity contribution in [1.82, 2.24) is 9.97 Å². The minimum Gasteiger partial charge on any atom is -0.366 e. The predicted octanol–water partition coefficient (Wildman–Crippen LogP) is 3.29. The van der Waals surface area contributed by atoms with Gasteiger partial charge < -0.3 is 10.6 Å². The van der Waals surface area contributed by atoms with Crippen LogP contribution in [-0.4, -0.2) is 22.4 Å². The number of carbonyl (C=O) groups is 1. The second kappa shape index (κ2) is 6.85. The minimum atomic E-state index is -0.315. The quantitative estimate of drug-likeness (QED) is 0.832. The topological polar surface area (TPSA) is 66.9 Å². The second-order valence-electron chi connectivity index (χ2n) is 4.37. The largest absolute Gasteiger partial charge is 0.366 e. The van der Waals surface area contributed by atoms with E-state index in [0.717, 1.165) is 5.56 Å². The van der Waals surface area contributed by atoms with Crippen molar-refractivity contribution in [1.29, 1.82) is 0 Å². The monoisotopic (exact) mass is 302 g/mol. The molecule has 1 aromatic heterocycles. The van der Waals surface area contributed by atoms with Crippen molar-refractivity contribution in [3.63, 3.8) is 0 Å². The number of hydrogen-bond acceptors (Lipinski definition) is 4. The molecule has 0 atom stereocenters. The fourth-order valence-corrected chi connectivity index (χ4v) is 1.84. The van der Waals surface area contributed by atoms with Crippen LogP contribution in [0.25, 0.3) is 0 Å². The molecular weight excluding hydrogens is 288 g/mol. The molecule has 1 amide bonds. The molecular formula is C15H15ClN4O. The Morgan fingerprint density at radius 3 is 2.95 bits per heavy atom. The SMILES string of the molecule is C=CCNc1cc(C(=O)Nc2cc(Cl)ccc2C)ncn1. The number of halogens is 1. The summed E-state index contributed by atoms with van der Waals surface area (Å²) in [5.41, 5.74) is 1.86. The van der Waals surface area contributed by atoms with Crippen molar-refractivity contribution in [2.24, 2.45) is 0 Å². The lowest BCUT2D eigenvalue weighted by atomic mass is 10.2. The highest BCUT2D eigenvalue weighted by molar-refractivity contribution is 6.31. The third-order valence-electron chi connectivity index (χ3n) is 2.78. The summed E-state index contributed by atoms with van der Waals surface area (Å²) in [5.74, 6) is 0.252. The summed E-state index contributed by atoms with van der Waals surface area (Å²) in [6, 6.07) is 6.90. The van der Waals surface area contributed by atoms with Crippen LogP contribution in [0.15, 0.2) is 43.2 Å². The van der Waals surface area contributed by atoms with E-state index < -0.39 is 0 Å². The van der Waals surface area contributed by atoms with E-state index >= 15 is 0 Å². The first-order chi connectivity index (χ1) is 10.1. The van der Waals surface area contributed by atoms with E-state index in [2.05, 4.69) is 27.2 Å². The van der Waals surface area contributed by atoms with Crippen LogP contribution in [0.2, 0.25) is 5.02 Å². The molecule has 0 radical (unpaired) electrons. The highest BCUT2D eigenvalue weighted by Crippen LogP contribution is 2.20. The maximum Gasteiger partial charge on any atom is 0.274 e. The van der Waals surface area contributed by atoms with Crippen molar-refractivity contribution in [2.75, 3.05) is 17.2 Å². The molecule has 2 rings (SSSR count). The number of hydrogen-bond donors (Lipinski definition) is 2. The van der Waals surface area contributed by atoms with Gasteiger partial charge >= 0.3 is 0 Å². The number of nitrogens with one attached hydrogen (secondary N) is 2. The van der Waals surface area contributed by atoms with Crippen LogP contribution in [-0.2, 0) is 0 Å². The van der Waals surface area contributed by atoms with Gasteiger partial charge in [0.25, 0.3) is 5.91 Å². The van der Waals surface area contributed by atoms with Gasteiger partial charge in [0, 0.05) is 23.3 Å². The Balaban J connectivity index is 2.16. The Morgan fingerprint density at radius 2 is 2.19 bits per heavy atom. The zero-order valence-corrected chi connectivity index (χ0v) is 12.3. The number of amides is 1. The summed E-state index contributed by atoms with van der Waals surface area (Å²) >= 11 is 5.93. The average Bonchev–Trinajstić information content (AvgIpc) is 2.49. The lowest BCUT2D eigenvalue weighted by molar-refractivity contribution is 0.102. The highest BCUT2D eigenvalue weighted by Gasteiger charge is 2.10. The summed E-state index contributed by atoms with van der Waals surface area (Å²) in [6.07, 6.45) is 3.04. The van der Waals surface area contributed by atoms with Crippen LogP contribution in [0, 0.1) is 6.92 Å². The van der Waals surface area contributed by atoms with Crippen molar-refractivity contribution in [3.8, 4) is 0 Å². The Bertz CT molecular complexity index is 672. The molecule has 0 unspecified atom stereocenters. The zero-order chi connectivity index (χ0) is 15.2. The van der Waals surface area contributed by atoms with Gasteiger partial charge in [0.05, 0.1) is 0 Å². The number of nitrogens with zero attached hydrogens (tertiary/aromatic N) is 2. The van der Waals surface area contributed by atoms with Crippen LogP contribution < -0.4 is 10.6 Å². The van der Waals surface area contributed by atoms with Gasteiger partial charge in [-0.2, -0.15) is 0 Å². The molecule has 0 bridgehead atoms. The summed E-state index contributed by atoms with van der Waals surface area (Å²) in [6.45, 7) is 6.06. The zero-order valence-electron chi connectivity index (χ0n) is 11.6. The molecule has 0 aliphatic heterocycles. The van der Waals surface area contributed by atoms with E-state index in [1.165, 1.54) is 6.33 Å². The summed E-state index contributed by atoms with van der Waals surface area (Å²) in [5, 5.41) is 6.35. The predicted molar refractivity (Wildman–Crippen MR) is 84.9 cm³/mol. The van der Waals surface area contributed by atoms with Gasteiger partial charge in [-0.25, -0.2) is 9.97 Å². The van der Waals surface area contributed by atoms with Crippen LogP contribution >= 0.6 is 11.6 Å². The molecule has 6 heteroatoms. The molecule has 2 aromatic rings. The molecule has 0 aliphatic carbocycles. The summed E-state index contributed by atoms with van der Waals surface area (Å²) < 4.78 is 0. The lowest BCUT2D eigenvalue weighted by Crippen LogP contribution is -2.15. The molecule has 108 valence electrons. The molecule has 0 aliphatic rings. The van der Waals surface area contributed by atoms with Crippen LogP contribution in [0.4, 0.5) is 11.5 Å². The smallest absolute Gasteiger partial charge is 0.274 e. The average molecular weight is 303 g/mol. The number of aromatic nitrogens is 2. The Labute approximate surface area is 128 Å². The number of rotatable bonds is 5. The number of carbonyl (C=O) groups excluding carboxylic acids is 1. The molecule has 21 heavy (non-hydrogen) atoms. The van der Waals surface area contributed by atoms with E-state index in [4.69, 9.17) is 11.6 Å². The summed E-state index contributed by atoms with van der Waals surface area (Å²) in [4.78, 5) is 20.2. The van der Waals surface area contributed by atoms with Crippen molar-refractivity contribution in [3.05, 3.63) is 59.5 Å². The molecule has 5 nitrogen and oxygen atoms in total. The van der Waals surface area contributed by atoms with Gasteiger partial charge in [0.15, 0.2) is 0 Å². The molecule has 2 N–H and O–H groups in total. The van der Waals surface area contributed by atoms with E-state index in [1.807, 2.05) is 13.0 Å². The first-order valence-corrected chi connectivity index (χ1v) is 6.72. The third-order valence-corrected chi connectivity index (χ3v) is 3.01. The van der Waals surface area contributed by atoms with E-state index in [9.17, 15) is 4.79 Å². The van der Waals surface area contributed by atoms with E-state index in [1.54, 1.807) is 24.3 Å². The van der Waals surface area contributed by atoms with Crippen LogP contribution in [0.3, 0.4) is 0 Å². The van der Waals surface area contributed by atoms with Crippen molar-refractivity contribution >= 4 is 29.0 Å². The van der Waals surface area contributed by atoms with Gasteiger partial charge in [-0.15, -0.1) is 6.58 Å². The third kappa shape index (κ3) is 4.03. The van der Waals surface area contributed by atoms with Gasteiger partial charge in [-0.3, -0.25) is 4.79 Å². The standard InChI is InChI=1S/C15H15ClN4O/c1-3-6-17-14-8-13(18-9-19-14)15(21)20-12-7-11(16)5-4-10(12)2/h3-5,7-9H,1,6H2,2H3,(H,20,21)(H,17,18,19). The van der Waals surface area contributed by atoms with Crippen molar-refractivity contribution in [2.45, 2.75) is 6.92 Å². The van der Waals surface area contributed by atoms with Crippen molar-refractivity contribution < 1.29 is 4.79 Å². The Kier molecular flexibility index (Phi) is 4.90. The van der Waals surface area contributed by atoms with Gasteiger partial charge in [0.2, 0.25) is 0 Å². The van der Waals surface area contributed by atoms with E-state index in [0.29, 0.717) is 23.1 Å². The van der Waals surface area contributed by atoms with Gasteiger partial charge in [-0.1, -0.05) is 23.7 Å². The molecule has 1 aromatic carbocycles. The van der Waals surface area contributed by atoms with Crippen LogP contribution in [0.5, 0.6) is 0 Å². The van der Waals surface area contributed by atoms with E-state index in [-0.39, 0.29) is 11.6 Å². The Hall–Kier alpha value is -2.40. The first-order valence-electron chi connectivity index (χ1n) is 6.34. The fraction of sp³-hybridized carbons (Fsp3) is 0.133. The lowest BCUT2D eigenvalue weighted by Gasteiger charge is -2.09. The fourth-order valence-electron chi connectivity index (χ4n) is 1.67. The molecule has 0 saturated carbocycles. The first kappa shape index (κ1) is 15.0. The molecule has 0 spiro atoms. The molecule has 0 fully saturated rings. The highest BCUT2D eigenvalue weighted by atomic mass is 35.5. The molecule has 0 saturated heterocycles. The maximum atomic E-state index is 12.2. The summed E-state index contributed by atoms with van der Waals surface area (Å²) in [7, 11) is 0. The second-order valence-corrected chi connectivity index (χ2v) is 4.81. The normalized spacial score (nSPS) is 10.0. The number of anilines is 2.